The van der Waals surface area contributed by atoms with Crippen molar-refractivity contribution in [2.75, 3.05) is 49.5 Å². The van der Waals surface area contributed by atoms with Crippen molar-refractivity contribution < 1.29 is 0 Å². The molecule has 0 spiro atoms. The molecular formula is C18H25N9. The average molecular weight is 367 g/mol. The molecule has 0 aromatic carbocycles. The summed E-state index contributed by atoms with van der Waals surface area (Å²) in [6.45, 7) is 9.61. The SMILES string of the molecule is Cc1nc(NCCN2CCN(c3ncccn3)CC2)c2c(C)nn(C)c2n1. The van der Waals surface area contributed by atoms with Crippen molar-refractivity contribution in [1.82, 2.24) is 34.6 Å². The molecule has 1 aliphatic rings. The molecule has 3 aromatic heterocycles. The van der Waals surface area contributed by atoms with E-state index in [0.29, 0.717) is 0 Å². The van der Waals surface area contributed by atoms with Gasteiger partial charge in [0.15, 0.2) is 5.65 Å². The van der Waals surface area contributed by atoms with Crippen LogP contribution in [-0.2, 0) is 7.05 Å². The summed E-state index contributed by atoms with van der Waals surface area (Å²) in [7, 11) is 1.92. The lowest BCUT2D eigenvalue weighted by Crippen LogP contribution is -2.48. The molecule has 4 rings (SSSR count). The lowest BCUT2D eigenvalue weighted by atomic mass is 10.3. The molecule has 0 radical (unpaired) electrons. The van der Waals surface area contributed by atoms with Crippen LogP contribution < -0.4 is 10.2 Å². The van der Waals surface area contributed by atoms with Crippen LogP contribution in [0.15, 0.2) is 18.5 Å². The van der Waals surface area contributed by atoms with Crippen LogP contribution in [0, 0.1) is 13.8 Å². The van der Waals surface area contributed by atoms with Gasteiger partial charge in [-0.1, -0.05) is 0 Å². The fourth-order valence-corrected chi connectivity index (χ4v) is 3.53. The van der Waals surface area contributed by atoms with Crippen LogP contribution in [0.1, 0.15) is 11.5 Å². The molecule has 1 N–H and O–H groups in total. The Kier molecular flexibility index (Phi) is 4.85. The number of hydrogen-bond acceptors (Lipinski definition) is 8. The smallest absolute Gasteiger partial charge is 0.225 e. The van der Waals surface area contributed by atoms with Crippen molar-refractivity contribution in [2.45, 2.75) is 13.8 Å². The first kappa shape index (κ1) is 17.6. The largest absolute Gasteiger partial charge is 0.368 e. The molecule has 9 heteroatoms. The van der Waals surface area contributed by atoms with Gasteiger partial charge in [-0.3, -0.25) is 9.58 Å². The Bertz CT molecular complexity index is 913. The molecule has 1 saturated heterocycles. The second-order valence-electron chi connectivity index (χ2n) is 6.83. The number of fused-ring (bicyclic) bond motifs is 1. The monoisotopic (exact) mass is 367 g/mol. The molecule has 0 bridgehead atoms. The molecule has 9 nitrogen and oxygen atoms in total. The van der Waals surface area contributed by atoms with Gasteiger partial charge in [0.2, 0.25) is 5.95 Å². The molecule has 142 valence electrons. The van der Waals surface area contributed by atoms with Crippen LogP contribution in [-0.4, -0.2) is 73.9 Å². The zero-order chi connectivity index (χ0) is 18.8. The zero-order valence-corrected chi connectivity index (χ0v) is 16.1. The van der Waals surface area contributed by atoms with E-state index in [9.17, 15) is 0 Å². The van der Waals surface area contributed by atoms with Gasteiger partial charge in [0, 0.05) is 58.7 Å². The average Bonchev–Trinajstić information content (AvgIpc) is 2.96. The molecule has 0 saturated carbocycles. The van der Waals surface area contributed by atoms with Crippen LogP contribution in [0.2, 0.25) is 0 Å². The van der Waals surface area contributed by atoms with E-state index in [2.05, 4.69) is 40.2 Å². The summed E-state index contributed by atoms with van der Waals surface area (Å²) >= 11 is 0. The van der Waals surface area contributed by atoms with Gasteiger partial charge in [-0.2, -0.15) is 5.10 Å². The molecule has 3 aromatic rings. The lowest BCUT2D eigenvalue weighted by Gasteiger charge is -2.34. The number of nitrogens with zero attached hydrogens (tertiary/aromatic N) is 8. The van der Waals surface area contributed by atoms with E-state index >= 15 is 0 Å². The molecule has 1 fully saturated rings. The standard InChI is InChI=1S/C18H25N9/c1-13-15-16(22-14(2)23-17(15)25(3)24-13)19-7-8-26-9-11-27(12-10-26)18-20-5-4-6-21-18/h4-6H,7-12H2,1-3H3,(H,19,22,23). The maximum absolute atomic E-state index is 4.59. The highest BCUT2D eigenvalue weighted by atomic mass is 15.3. The quantitative estimate of drug-likeness (QED) is 0.715. The minimum absolute atomic E-state index is 0.754. The van der Waals surface area contributed by atoms with E-state index in [1.165, 1.54) is 0 Å². The first-order valence-electron chi connectivity index (χ1n) is 9.28. The predicted octanol–water partition coefficient (Wildman–Crippen LogP) is 1.00. The van der Waals surface area contributed by atoms with Crippen LogP contribution >= 0.6 is 0 Å². The van der Waals surface area contributed by atoms with Crippen molar-refractivity contribution in [2.24, 2.45) is 7.05 Å². The fraction of sp³-hybridized carbons (Fsp3) is 0.500. The third-order valence-electron chi connectivity index (χ3n) is 4.90. The molecule has 0 amide bonds. The molecule has 1 aliphatic heterocycles. The van der Waals surface area contributed by atoms with Gasteiger partial charge in [-0.05, 0) is 19.9 Å². The summed E-state index contributed by atoms with van der Waals surface area (Å²) in [6.07, 6.45) is 3.59. The summed E-state index contributed by atoms with van der Waals surface area (Å²) in [5.74, 6) is 2.45. The van der Waals surface area contributed by atoms with Crippen LogP contribution in [0.4, 0.5) is 11.8 Å². The Hall–Kier alpha value is -2.81. The number of hydrogen-bond donors (Lipinski definition) is 1. The van der Waals surface area contributed by atoms with Gasteiger partial charge in [0.1, 0.15) is 11.6 Å². The summed E-state index contributed by atoms with van der Waals surface area (Å²) < 4.78 is 1.81. The Morgan fingerprint density at radius 3 is 2.52 bits per heavy atom. The third-order valence-corrected chi connectivity index (χ3v) is 4.90. The summed E-state index contributed by atoms with van der Waals surface area (Å²) in [5, 5.41) is 8.97. The predicted molar refractivity (Wildman–Crippen MR) is 105 cm³/mol. The first-order valence-corrected chi connectivity index (χ1v) is 9.28. The Balaban J connectivity index is 1.34. The van der Waals surface area contributed by atoms with E-state index in [1.807, 2.05) is 31.6 Å². The number of rotatable bonds is 5. The van der Waals surface area contributed by atoms with Gasteiger partial charge in [0.05, 0.1) is 11.1 Å². The Morgan fingerprint density at radius 1 is 1.04 bits per heavy atom. The molecule has 0 aliphatic carbocycles. The van der Waals surface area contributed by atoms with Crippen molar-refractivity contribution in [3.63, 3.8) is 0 Å². The van der Waals surface area contributed by atoms with Gasteiger partial charge in [0.25, 0.3) is 0 Å². The third kappa shape index (κ3) is 3.68. The van der Waals surface area contributed by atoms with Crippen molar-refractivity contribution in [1.29, 1.82) is 0 Å². The van der Waals surface area contributed by atoms with Crippen molar-refractivity contribution in [3.8, 4) is 0 Å². The fourth-order valence-electron chi connectivity index (χ4n) is 3.53. The maximum atomic E-state index is 4.59. The number of nitrogens with one attached hydrogen (secondary N) is 1. The number of aromatic nitrogens is 6. The van der Waals surface area contributed by atoms with Gasteiger partial charge in [-0.15, -0.1) is 0 Å². The second-order valence-corrected chi connectivity index (χ2v) is 6.83. The first-order chi connectivity index (χ1) is 13.1. The molecular weight excluding hydrogens is 342 g/mol. The van der Waals surface area contributed by atoms with Crippen molar-refractivity contribution in [3.05, 3.63) is 30.0 Å². The molecule has 0 unspecified atom stereocenters. The van der Waals surface area contributed by atoms with Crippen molar-refractivity contribution >= 4 is 22.8 Å². The summed E-state index contributed by atoms with van der Waals surface area (Å²) in [4.78, 5) is 22.5. The molecule has 4 heterocycles. The van der Waals surface area contributed by atoms with E-state index in [4.69, 9.17) is 0 Å². The normalized spacial score (nSPS) is 15.4. The second kappa shape index (κ2) is 7.43. The highest BCUT2D eigenvalue weighted by molar-refractivity contribution is 5.89. The minimum atomic E-state index is 0.754. The highest BCUT2D eigenvalue weighted by Gasteiger charge is 2.19. The zero-order valence-electron chi connectivity index (χ0n) is 16.1. The van der Waals surface area contributed by atoms with Crippen LogP contribution in [0.25, 0.3) is 11.0 Å². The van der Waals surface area contributed by atoms with Crippen LogP contribution in [0.3, 0.4) is 0 Å². The number of aryl methyl sites for hydroxylation is 3. The van der Waals surface area contributed by atoms with E-state index in [0.717, 1.165) is 73.6 Å². The van der Waals surface area contributed by atoms with Gasteiger partial charge in [-0.25, -0.2) is 19.9 Å². The van der Waals surface area contributed by atoms with E-state index < -0.39 is 0 Å². The van der Waals surface area contributed by atoms with Crippen LogP contribution in [0.5, 0.6) is 0 Å². The topological polar surface area (TPSA) is 87.9 Å². The Labute approximate surface area is 158 Å². The van der Waals surface area contributed by atoms with Gasteiger partial charge >= 0.3 is 0 Å². The lowest BCUT2D eigenvalue weighted by molar-refractivity contribution is 0.266. The summed E-state index contributed by atoms with van der Waals surface area (Å²) in [6, 6.07) is 1.85. The maximum Gasteiger partial charge on any atom is 0.225 e. The molecule has 27 heavy (non-hydrogen) atoms. The Morgan fingerprint density at radius 2 is 1.78 bits per heavy atom. The molecule has 0 atom stereocenters. The number of anilines is 2. The van der Waals surface area contributed by atoms with E-state index in [-0.39, 0.29) is 0 Å². The number of piperazine rings is 1. The van der Waals surface area contributed by atoms with Gasteiger partial charge < -0.3 is 10.2 Å². The highest BCUT2D eigenvalue weighted by Crippen LogP contribution is 2.23. The van der Waals surface area contributed by atoms with E-state index in [1.54, 1.807) is 12.4 Å². The minimum Gasteiger partial charge on any atom is -0.368 e. The summed E-state index contributed by atoms with van der Waals surface area (Å²) in [5.41, 5.74) is 1.82.